The van der Waals surface area contributed by atoms with E-state index in [2.05, 4.69) is 10.2 Å². The summed E-state index contributed by atoms with van der Waals surface area (Å²) in [7, 11) is -0.873. The molecular weight excluding hydrogens is 236 g/mol. The Morgan fingerprint density at radius 3 is 2.71 bits per heavy atom. The number of likely N-dealkylation sites (N-methyl/N-ethyl adjacent to an activating group) is 1. The maximum Gasteiger partial charge on any atom is 0.151 e. The fourth-order valence-corrected chi connectivity index (χ4v) is 3.83. The van der Waals surface area contributed by atoms with Crippen LogP contribution in [0.5, 0.6) is 0 Å². The SMILES string of the molecule is CCCS(=O)(=O)CCN1CCCCC1CNC. The third-order valence-electron chi connectivity index (χ3n) is 3.39. The molecule has 1 N–H and O–H groups in total. The molecule has 0 radical (unpaired) electrons. The van der Waals surface area contributed by atoms with Gasteiger partial charge in [-0.1, -0.05) is 13.3 Å². The molecule has 0 aromatic rings. The van der Waals surface area contributed by atoms with E-state index in [1.807, 2.05) is 14.0 Å². The largest absolute Gasteiger partial charge is 0.318 e. The van der Waals surface area contributed by atoms with E-state index >= 15 is 0 Å². The van der Waals surface area contributed by atoms with Crippen molar-refractivity contribution in [3.05, 3.63) is 0 Å². The molecule has 5 heteroatoms. The van der Waals surface area contributed by atoms with Crippen molar-refractivity contribution in [2.45, 2.75) is 38.6 Å². The molecule has 1 heterocycles. The standard InChI is InChI=1S/C12H26N2O2S/c1-3-9-17(15,16)10-8-14-7-5-4-6-12(14)11-13-2/h12-13H,3-11H2,1-2H3. The van der Waals surface area contributed by atoms with Crippen molar-refractivity contribution >= 4 is 9.84 Å². The fraction of sp³-hybridized carbons (Fsp3) is 1.00. The minimum Gasteiger partial charge on any atom is -0.318 e. The van der Waals surface area contributed by atoms with Gasteiger partial charge >= 0.3 is 0 Å². The van der Waals surface area contributed by atoms with Crippen LogP contribution in [0.4, 0.5) is 0 Å². The van der Waals surface area contributed by atoms with E-state index in [0.717, 1.165) is 19.5 Å². The maximum atomic E-state index is 11.7. The van der Waals surface area contributed by atoms with Crippen molar-refractivity contribution in [1.29, 1.82) is 0 Å². The highest BCUT2D eigenvalue weighted by molar-refractivity contribution is 7.91. The molecule has 102 valence electrons. The molecule has 0 aromatic carbocycles. The highest BCUT2D eigenvalue weighted by atomic mass is 32.2. The Morgan fingerprint density at radius 1 is 1.29 bits per heavy atom. The van der Waals surface area contributed by atoms with Crippen LogP contribution in [0.15, 0.2) is 0 Å². The molecule has 1 unspecified atom stereocenters. The Kier molecular flexibility index (Phi) is 6.44. The van der Waals surface area contributed by atoms with Gasteiger partial charge in [0, 0.05) is 24.9 Å². The number of piperidine rings is 1. The average Bonchev–Trinajstić information content (AvgIpc) is 2.28. The predicted octanol–water partition coefficient (Wildman–Crippen LogP) is 0.885. The van der Waals surface area contributed by atoms with Crippen molar-refractivity contribution in [1.82, 2.24) is 10.2 Å². The van der Waals surface area contributed by atoms with Crippen LogP contribution in [0.1, 0.15) is 32.6 Å². The molecule has 1 saturated heterocycles. The average molecular weight is 262 g/mol. The summed E-state index contributed by atoms with van der Waals surface area (Å²) in [5.41, 5.74) is 0. The van der Waals surface area contributed by atoms with Crippen LogP contribution < -0.4 is 5.32 Å². The molecule has 0 amide bonds. The van der Waals surface area contributed by atoms with Gasteiger partial charge in [-0.05, 0) is 32.9 Å². The van der Waals surface area contributed by atoms with Crippen LogP contribution in [0.3, 0.4) is 0 Å². The summed E-state index contributed by atoms with van der Waals surface area (Å²) >= 11 is 0. The summed E-state index contributed by atoms with van der Waals surface area (Å²) in [5, 5.41) is 3.20. The van der Waals surface area contributed by atoms with Crippen LogP contribution in [-0.4, -0.2) is 57.5 Å². The Balaban J connectivity index is 2.42. The lowest BCUT2D eigenvalue weighted by Crippen LogP contribution is -2.46. The summed E-state index contributed by atoms with van der Waals surface area (Å²) in [6.45, 7) is 4.64. The van der Waals surface area contributed by atoms with Gasteiger partial charge in [0.15, 0.2) is 9.84 Å². The Morgan fingerprint density at radius 2 is 2.06 bits per heavy atom. The minimum absolute atomic E-state index is 0.320. The van der Waals surface area contributed by atoms with Gasteiger partial charge in [0.25, 0.3) is 0 Å². The highest BCUT2D eigenvalue weighted by Gasteiger charge is 2.23. The molecule has 0 spiro atoms. The first-order chi connectivity index (χ1) is 8.09. The molecule has 0 saturated carbocycles. The molecule has 17 heavy (non-hydrogen) atoms. The zero-order valence-corrected chi connectivity index (χ0v) is 11.9. The first kappa shape index (κ1) is 14.9. The molecule has 0 aliphatic carbocycles. The smallest absolute Gasteiger partial charge is 0.151 e. The molecule has 1 fully saturated rings. The topological polar surface area (TPSA) is 49.4 Å². The van der Waals surface area contributed by atoms with Gasteiger partial charge in [0.05, 0.1) is 5.75 Å². The molecular formula is C12H26N2O2S. The van der Waals surface area contributed by atoms with E-state index in [0.29, 0.717) is 24.1 Å². The van der Waals surface area contributed by atoms with Crippen LogP contribution in [-0.2, 0) is 9.84 Å². The Labute approximate surface area is 106 Å². The lowest BCUT2D eigenvalue weighted by molar-refractivity contribution is 0.156. The van der Waals surface area contributed by atoms with Crippen molar-refractivity contribution in [3.8, 4) is 0 Å². The number of likely N-dealkylation sites (tertiary alicyclic amines) is 1. The van der Waals surface area contributed by atoms with Gasteiger partial charge < -0.3 is 5.32 Å². The van der Waals surface area contributed by atoms with Crippen LogP contribution >= 0.6 is 0 Å². The Bertz CT molecular complexity index is 302. The predicted molar refractivity (Wildman–Crippen MR) is 72.1 cm³/mol. The summed E-state index contributed by atoms with van der Waals surface area (Å²) in [4.78, 5) is 2.34. The zero-order valence-electron chi connectivity index (χ0n) is 11.1. The summed E-state index contributed by atoms with van der Waals surface area (Å²) in [5.74, 6) is 0.651. The molecule has 0 bridgehead atoms. The van der Waals surface area contributed by atoms with E-state index in [1.54, 1.807) is 0 Å². The second-order valence-electron chi connectivity index (χ2n) is 4.90. The van der Waals surface area contributed by atoms with Crippen LogP contribution in [0.25, 0.3) is 0 Å². The van der Waals surface area contributed by atoms with Crippen molar-refractivity contribution < 1.29 is 8.42 Å². The van der Waals surface area contributed by atoms with Gasteiger partial charge in [0.1, 0.15) is 0 Å². The molecule has 1 atom stereocenters. The summed E-state index contributed by atoms with van der Waals surface area (Å²) < 4.78 is 23.4. The van der Waals surface area contributed by atoms with E-state index < -0.39 is 9.84 Å². The minimum atomic E-state index is -2.83. The lowest BCUT2D eigenvalue weighted by Gasteiger charge is -2.35. The second-order valence-corrected chi connectivity index (χ2v) is 7.20. The number of nitrogens with zero attached hydrogens (tertiary/aromatic N) is 1. The van der Waals surface area contributed by atoms with Gasteiger partial charge in [-0.15, -0.1) is 0 Å². The lowest BCUT2D eigenvalue weighted by atomic mass is 10.0. The van der Waals surface area contributed by atoms with E-state index in [-0.39, 0.29) is 0 Å². The third-order valence-corrected chi connectivity index (χ3v) is 5.23. The number of nitrogens with one attached hydrogen (secondary N) is 1. The van der Waals surface area contributed by atoms with Crippen molar-refractivity contribution in [3.63, 3.8) is 0 Å². The van der Waals surface area contributed by atoms with Crippen LogP contribution in [0, 0.1) is 0 Å². The van der Waals surface area contributed by atoms with Crippen molar-refractivity contribution in [2.24, 2.45) is 0 Å². The van der Waals surface area contributed by atoms with Crippen molar-refractivity contribution in [2.75, 3.05) is 38.2 Å². The molecule has 1 rings (SSSR count). The molecule has 0 aromatic heterocycles. The summed E-state index contributed by atoms with van der Waals surface area (Å²) in [6.07, 6.45) is 4.38. The Hall–Kier alpha value is -0.130. The van der Waals surface area contributed by atoms with Gasteiger partial charge in [-0.25, -0.2) is 8.42 Å². The molecule has 1 aliphatic heterocycles. The molecule has 1 aliphatic rings. The first-order valence-electron chi connectivity index (χ1n) is 6.68. The highest BCUT2D eigenvalue weighted by Crippen LogP contribution is 2.16. The van der Waals surface area contributed by atoms with Gasteiger partial charge in [0.2, 0.25) is 0 Å². The van der Waals surface area contributed by atoms with Gasteiger partial charge in [-0.3, -0.25) is 4.90 Å². The number of hydrogen-bond acceptors (Lipinski definition) is 4. The summed E-state index contributed by atoms with van der Waals surface area (Å²) in [6, 6.07) is 0.519. The number of hydrogen-bond donors (Lipinski definition) is 1. The van der Waals surface area contributed by atoms with Gasteiger partial charge in [-0.2, -0.15) is 0 Å². The second kappa shape index (κ2) is 7.34. The first-order valence-corrected chi connectivity index (χ1v) is 8.50. The normalized spacial score (nSPS) is 22.8. The van der Waals surface area contributed by atoms with Crippen LogP contribution in [0.2, 0.25) is 0 Å². The maximum absolute atomic E-state index is 11.7. The number of sulfone groups is 1. The van der Waals surface area contributed by atoms with E-state index in [9.17, 15) is 8.42 Å². The van der Waals surface area contributed by atoms with E-state index in [1.165, 1.54) is 19.3 Å². The zero-order chi connectivity index (χ0) is 12.7. The third kappa shape index (κ3) is 5.36. The fourth-order valence-electron chi connectivity index (χ4n) is 2.49. The van der Waals surface area contributed by atoms with E-state index in [4.69, 9.17) is 0 Å². The number of rotatable bonds is 7. The quantitative estimate of drug-likeness (QED) is 0.740. The monoisotopic (exact) mass is 262 g/mol. The molecule has 4 nitrogen and oxygen atoms in total.